The van der Waals surface area contributed by atoms with Gasteiger partial charge in [-0.2, -0.15) is 0 Å². The highest BCUT2D eigenvalue weighted by Gasteiger charge is 2.10. The smallest absolute Gasteiger partial charge is 0.191 e. The minimum absolute atomic E-state index is 0.329. The van der Waals surface area contributed by atoms with E-state index in [0.29, 0.717) is 11.4 Å². The molecule has 140 valence electrons. The Balaban J connectivity index is 1.85. The summed E-state index contributed by atoms with van der Waals surface area (Å²) in [6, 6.07) is 6.85. The minimum Gasteiger partial charge on any atom is -0.379 e. The molecular weight excluding hydrogens is 340 g/mol. The van der Waals surface area contributed by atoms with E-state index in [1.54, 1.807) is 24.3 Å². The van der Waals surface area contributed by atoms with Crippen molar-refractivity contribution in [1.82, 2.24) is 15.5 Å². The molecule has 1 saturated heterocycles. The van der Waals surface area contributed by atoms with E-state index >= 15 is 0 Å². The maximum Gasteiger partial charge on any atom is 0.191 e. The van der Waals surface area contributed by atoms with Gasteiger partial charge < -0.3 is 15.4 Å². The number of nitrogens with one attached hydrogen (secondary N) is 2. The molecule has 0 unspecified atom stereocenters. The van der Waals surface area contributed by atoms with Crippen LogP contribution in [0.25, 0.3) is 0 Å². The molecular formula is C17H28N4O3S. The van der Waals surface area contributed by atoms with Gasteiger partial charge in [0.15, 0.2) is 15.8 Å². The second-order valence-corrected chi connectivity index (χ2v) is 8.01. The van der Waals surface area contributed by atoms with Crippen molar-refractivity contribution in [2.45, 2.75) is 18.4 Å². The van der Waals surface area contributed by atoms with Crippen LogP contribution in [-0.4, -0.2) is 71.5 Å². The first-order chi connectivity index (χ1) is 12.0. The molecule has 7 nitrogen and oxygen atoms in total. The normalized spacial score (nSPS) is 16.6. The summed E-state index contributed by atoms with van der Waals surface area (Å²) in [4.78, 5) is 7.25. The fourth-order valence-electron chi connectivity index (χ4n) is 2.51. The Morgan fingerprint density at radius 2 is 1.88 bits per heavy atom. The standard InChI is InChI=1S/C17H28N4O3S/c1-3-18-17(19-8-9-21-10-12-24-13-11-21)20-14-15-4-6-16(7-5-15)25(2,22)23/h4-7H,3,8-14H2,1-2H3,(H2,18,19,20). The highest BCUT2D eigenvalue weighted by molar-refractivity contribution is 7.90. The predicted molar refractivity (Wildman–Crippen MR) is 99.6 cm³/mol. The molecule has 1 aromatic carbocycles. The van der Waals surface area contributed by atoms with Crippen molar-refractivity contribution in [1.29, 1.82) is 0 Å². The summed E-state index contributed by atoms with van der Waals surface area (Å²) in [5, 5.41) is 6.56. The van der Waals surface area contributed by atoms with Crippen LogP contribution in [0.1, 0.15) is 12.5 Å². The van der Waals surface area contributed by atoms with Gasteiger partial charge in [-0.1, -0.05) is 12.1 Å². The van der Waals surface area contributed by atoms with Gasteiger partial charge in [-0.25, -0.2) is 13.4 Å². The van der Waals surface area contributed by atoms with Crippen molar-refractivity contribution < 1.29 is 13.2 Å². The van der Waals surface area contributed by atoms with Crippen LogP contribution in [-0.2, 0) is 21.1 Å². The number of aliphatic imine (C=N–C) groups is 1. The Morgan fingerprint density at radius 1 is 1.20 bits per heavy atom. The lowest BCUT2D eigenvalue weighted by Gasteiger charge is -2.26. The second kappa shape index (κ2) is 9.74. The van der Waals surface area contributed by atoms with Crippen LogP contribution in [0.5, 0.6) is 0 Å². The number of guanidine groups is 1. The molecule has 1 aliphatic heterocycles. The molecule has 8 heteroatoms. The Morgan fingerprint density at radius 3 is 2.48 bits per heavy atom. The first kappa shape index (κ1) is 19.7. The van der Waals surface area contributed by atoms with Crippen molar-refractivity contribution in [2.75, 3.05) is 52.2 Å². The van der Waals surface area contributed by atoms with Gasteiger partial charge in [0.05, 0.1) is 24.7 Å². The highest BCUT2D eigenvalue weighted by atomic mass is 32.2. The molecule has 0 atom stereocenters. The monoisotopic (exact) mass is 368 g/mol. The van der Waals surface area contributed by atoms with Crippen LogP contribution in [0.15, 0.2) is 34.2 Å². The number of morpholine rings is 1. The molecule has 25 heavy (non-hydrogen) atoms. The molecule has 0 aliphatic carbocycles. The fraction of sp³-hybridized carbons (Fsp3) is 0.588. The van der Waals surface area contributed by atoms with E-state index in [9.17, 15) is 8.42 Å². The zero-order valence-corrected chi connectivity index (χ0v) is 15.8. The van der Waals surface area contributed by atoms with E-state index in [-0.39, 0.29) is 0 Å². The zero-order valence-electron chi connectivity index (χ0n) is 15.0. The molecule has 2 rings (SSSR count). The quantitative estimate of drug-likeness (QED) is 0.538. The summed E-state index contributed by atoms with van der Waals surface area (Å²) >= 11 is 0. The number of hydrogen-bond acceptors (Lipinski definition) is 5. The molecule has 0 bridgehead atoms. The van der Waals surface area contributed by atoms with Gasteiger partial charge in [-0.3, -0.25) is 4.90 Å². The van der Waals surface area contributed by atoms with Gasteiger partial charge in [0.1, 0.15) is 0 Å². The van der Waals surface area contributed by atoms with Crippen LogP contribution in [0, 0.1) is 0 Å². The van der Waals surface area contributed by atoms with Crippen LogP contribution >= 0.6 is 0 Å². The predicted octanol–water partition coefficient (Wildman–Crippen LogP) is 0.477. The van der Waals surface area contributed by atoms with E-state index < -0.39 is 9.84 Å². The van der Waals surface area contributed by atoms with Crippen molar-refractivity contribution in [3.05, 3.63) is 29.8 Å². The summed E-state index contributed by atoms with van der Waals surface area (Å²) in [7, 11) is -3.16. The summed E-state index contributed by atoms with van der Waals surface area (Å²) < 4.78 is 28.3. The number of nitrogens with zero attached hydrogens (tertiary/aromatic N) is 2. The molecule has 1 aliphatic rings. The van der Waals surface area contributed by atoms with Crippen molar-refractivity contribution in [3.8, 4) is 0 Å². The van der Waals surface area contributed by atoms with Gasteiger partial charge in [0.2, 0.25) is 0 Å². The lowest BCUT2D eigenvalue weighted by molar-refractivity contribution is 0.0389. The SMILES string of the molecule is CCNC(=NCc1ccc(S(C)(=O)=O)cc1)NCCN1CCOCC1. The third-order valence-corrected chi connectivity index (χ3v) is 5.07. The summed E-state index contributed by atoms with van der Waals surface area (Å²) in [5.74, 6) is 0.767. The largest absolute Gasteiger partial charge is 0.379 e. The molecule has 0 radical (unpaired) electrons. The number of sulfone groups is 1. The van der Waals surface area contributed by atoms with Crippen LogP contribution < -0.4 is 10.6 Å². The van der Waals surface area contributed by atoms with Gasteiger partial charge in [-0.05, 0) is 24.6 Å². The van der Waals surface area contributed by atoms with Crippen molar-refractivity contribution in [2.24, 2.45) is 4.99 Å². The first-order valence-corrected chi connectivity index (χ1v) is 10.5. The average molecular weight is 369 g/mol. The van der Waals surface area contributed by atoms with E-state index in [4.69, 9.17) is 4.74 Å². The lowest BCUT2D eigenvalue weighted by atomic mass is 10.2. The third-order valence-electron chi connectivity index (χ3n) is 3.94. The molecule has 0 amide bonds. The van der Waals surface area contributed by atoms with Gasteiger partial charge in [0, 0.05) is 39.0 Å². The molecule has 1 heterocycles. The van der Waals surface area contributed by atoms with Crippen molar-refractivity contribution >= 4 is 15.8 Å². The maximum atomic E-state index is 11.5. The summed E-state index contributed by atoms with van der Waals surface area (Å²) in [6.45, 7) is 8.64. The lowest BCUT2D eigenvalue weighted by Crippen LogP contribution is -2.44. The number of benzene rings is 1. The molecule has 2 N–H and O–H groups in total. The Kier molecular flexibility index (Phi) is 7.67. The fourth-order valence-corrected chi connectivity index (χ4v) is 3.14. The molecule has 1 fully saturated rings. The highest BCUT2D eigenvalue weighted by Crippen LogP contribution is 2.10. The molecule has 1 aromatic rings. The van der Waals surface area contributed by atoms with Crippen LogP contribution in [0.3, 0.4) is 0 Å². The van der Waals surface area contributed by atoms with Gasteiger partial charge >= 0.3 is 0 Å². The van der Waals surface area contributed by atoms with E-state index in [0.717, 1.165) is 57.5 Å². The summed E-state index contributed by atoms with van der Waals surface area (Å²) in [5.41, 5.74) is 0.970. The zero-order chi connectivity index (χ0) is 18.1. The minimum atomic E-state index is -3.16. The average Bonchev–Trinajstić information content (AvgIpc) is 2.60. The Bertz CT molecular complexity index is 653. The van der Waals surface area contributed by atoms with E-state index in [2.05, 4.69) is 20.5 Å². The van der Waals surface area contributed by atoms with Gasteiger partial charge in [0.25, 0.3) is 0 Å². The van der Waals surface area contributed by atoms with Gasteiger partial charge in [-0.15, -0.1) is 0 Å². The Hall–Kier alpha value is -1.64. The van der Waals surface area contributed by atoms with E-state index in [1.165, 1.54) is 6.26 Å². The van der Waals surface area contributed by atoms with Crippen LogP contribution in [0.4, 0.5) is 0 Å². The number of rotatable bonds is 7. The van der Waals surface area contributed by atoms with Crippen molar-refractivity contribution in [3.63, 3.8) is 0 Å². The summed E-state index contributed by atoms with van der Waals surface area (Å²) in [6.07, 6.45) is 1.21. The maximum absolute atomic E-state index is 11.5. The molecule has 0 aromatic heterocycles. The number of hydrogen-bond donors (Lipinski definition) is 2. The number of ether oxygens (including phenoxy) is 1. The first-order valence-electron chi connectivity index (χ1n) is 8.60. The molecule has 0 spiro atoms. The van der Waals surface area contributed by atoms with Crippen LogP contribution in [0.2, 0.25) is 0 Å². The van der Waals surface area contributed by atoms with E-state index in [1.807, 2.05) is 6.92 Å². The second-order valence-electron chi connectivity index (χ2n) is 5.99. The third kappa shape index (κ3) is 7.01. The topological polar surface area (TPSA) is 83.0 Å². The molecule has 0 saturated carbocycles. The Labute approximate surface area is 150 Å².